The number of rotatable bonds is 6. The van der Waals surface area contributed by atoms with E-state index >= 15 is 0 Å². The standard InChI is InChI=1S/C17H23NO3/c1-5-17(3,4)11-18-16(21)14-9-12(2)8-13(10-14)6-7-15(19)20/h6-10H,5,11H2,1-4H3,(H,18,21)(H,19,20)/b7-6+. The van der Waals surface area contributed by atoms with Crippen LogP contribution in [-0.2, 0) is 4.79 Å². The van der Waals surface area contributed by atoms with Crippen LogP contribution in [0.2, 0.25) is 0 Å². The number of hydrogen-bond donors (Lipinski definition) is 2. The number of carboxylic acids is 1. The molecular formula is C17H23NO3. The summed E-state index contributed by atoms with van der Waals surface area (Å²) < 4.78 is 0. The Morgan fingerprint density at radius 1 is 1.29 bits per heavy atom. The van der Waals surface area contributed by atoms with Gasteiger partial charge < -0.3 is 10.4 Å². The van der Waals surface area contributed by atoms with E-state index in [1.165, 1.54) is 6.08 Å². The fourth-order valence-electron chi connectivity index (χ4n) is 1.75. The minimum absolute atomic E-state index is 0.0610. The molecular weight excluding hydrogens is 266 g/mol. The van der Waals surface area contributed by atoms with Gasteiger partial charge in [0.2, 0.25) is 0 Å². The van der Waals surface area contributed by atoms with Crippen LogP contribution in [0.15, 0.2) is 24.3 Å². The molecule has 0 saturated carbocycles. The zero-order chi connectivity index (χ0) is 16.0. The fraction of sp³-hybridized carbons (Fsp3) is 0.412. The first-order valence-electron chi connectivity index (χ1n) is 7.04. The van der Waals surface area contributed by atoms with Crippen molar-refractivity contribution in [3.05, 3.63) is 41.0 Å². The molecule has 2 N–H and O–H groups in total. The Morgan fingerprint density at radius 2 is 1.95 bits per heavy atom. The number of aliphatic carboxylic acids is 1. The highest BCUT2D eigenvalue weighted by atomic mass is 16.4. The van der Waals surface area contributed by atoms with Crippen molar-refractivity contribution >= 4 is 18.0 Å². The number of hydrogen-bond acceptors (Lipinski definition) is 2. The number of carbonyl (C=O) groups excluding carboxylic acids is 1. The third-order valence-electron chi connectivity index (χ3n) is 3.46. The van der Waals surface area contributed by atoms with E-state index in [4.69, 9.17) is 5.11 Å². The lowest BCUT2D eigenvalue weighted by Crippen LogP contribution is -2.33. The number of carboxylic acid groups (broad SMARTS) is 1. The highest BCUT2D eigenvalue weighted by molar-refractivity contribution is 5.95. The topological polar surface area (TPSA) is 66.4 Å². The zero-order valence-electron chi connectivity index (χ0n) is 13.1. The fourth-order valence-corrected chi connectivity index (χ4v) is 1.75. The maximum absolute atomic E-state index is 12.2. The average molecular weight is 289 g/mol. The van der Waals surface area contributed by atoms with Crippen LogP contribution in [0.5, 0.6) is 0 Å². The number of nitrogens with one attached hydrogen (secondary N) is 1. The molecule has 1 rings (SSSR count). The Bertz CT molecular complexity index is 559. The minimum Gasteiger partial charge on any atom is -0.478 e. The molecule has 0 saturated heterocycles. The molecule has 4 heteroatoms. The average Bonchev–Trinajstić information content (AvgIpc) is 2.42. The summed E-state index contributed by atoms with van der Waals surface area (Å²) in [6.45, 7) is 8.78. The first-order valence-corrected chi connectivity index (χ1v) is 7.04. The Balaban J connectivity index is 2.87. The summed E-state index contributed by atoms with van der Waals surface area (Å²) in [7, 11) is 0. The third kappa shape index (κ3) is 5.81. The number of benzene rings is 1. The maximum atomic E-state index is 12.2. The monoisotopic (exact) mass is 289 g/mol. The smallest absolute Gasteiger partial charge is 0.328 e. The lowest BCUT2D eigenvalue weighted by Gasteiger charge is -2.22. The molecule has 0 aliphatic carbocycles. The molecule has 1 amide bonds. The quantitative estimate of drug-likeness (QED) is 0.790. The van der Waals surface area contributed by atoms with Crippen LogP contribution in [0.25, 0.3) is 6.08 Å². The number of amides is 1. The van der Waals surface area contributed by atoms with Crippen LogP contribution in [-0.4, -0.2) is 23.5 Å². The van der Waals surface area contributed by atoms with Crippen molar-refractivity contribution in [3.8, 4) is 0 Å². The van der Waals surface area contributed by atoms with E-state index in [-0.39, 0.29) is 11.3 Å². The lowest BCUT2D eigenvalue weighted by atomic mass is 9.90. The number of carbonyl (C=O) groups is 2. The predicted octanol–water partition coefficient (Wildman–Crippen LogP) is 3.26. The van der Waals surface area contributed by atoms with Gasteiger partial charge in [0.25, 0.3) is 5.91 Å². The van der Waals surface area contributed by atoms with Crippen molar-refractivity contribution < 1.29 is 14.7 Å². The molecule has 0 atom stereocenters. The molecule has 4 nitrogen and oxygen atoms in total. The van der Waals surface area contributed by atoms with Gasteiger partial charge >= 0.3 is 5.97 Å². The molecule has 0 bridgehead atoms. The van der Waals surface area contributed by atoms with Gasteiger partial charge in [0.15, 0.2) is 0 Å². The molecule has 0 unspecified atom stereocenters. The summed E-state index contributed by atoms with van der Waals surface area (Å²) >= 11 is 0. The van der Waals surface area contributed by atoms with Crippen LogP contribution in [0, 0.1) is 12.3 Å². The van der Waals surface area contributed by atoms with Crippen LogP contribution in [0.3, 0.4) is 0 Å². The van der Waals surface area contributed by atoms with Crippen LogP contribution in [0.1, 0.15) is 48.7 Å². The maximum Gasteiger partial charge on any atom is 0.328 e. The Hall–Kier alpha value is -2.10. The van der Waals surface area contributed by atoms with E-state index in [0.29, 0.717) is 17.7 Å². The molecule has 1 aromatic carbocycles. The van der Waals surface area contributed by atoms with Gasteiger partial charge in [0.05, 0.1) is 0 Å². The van der Waals surface area contributed by atoms with Crippen molar-refractivity contribution in [2.75, 3.05) is 6.54 Å². The van der Waals surface area contributed by atoms with Gasteiger partial charge in [-0.3, -0.25) is 4.79 Å². The Labute approximate surface area is 125 Å². The molecule has 0 aromatic heterocycles. The second-order valence-corrected chi connectivity index (χ2v) is 6.00. The molecule has 0 heterocycles. The third-order valence-corrected chi connectivity index (χ3v) is 3.46. The predicted molar refractivity (Wildman–Crippen MR) is 84.3 cm³/mol. The molecule has 0 aliphatic rings. The van der Waals surface area contributed by atoms with Crippen molar-refractivity contribution in [2.45, 2.75) is 34.1 Å². The van der Waals surface area contributed by atoms with Crippen molar-refractivity contribution in [1.82, 2.24) is 5.32 Å². The van der Waals surface area contributed by atoms with E-state index in [1.807, 2.05) is 13.0 Å². The van der Waals surface area contributed by atoms with E-state index in [2.05, 4.69) is 26.1 Å². The molecule has 0 aliphatic heterocycles. The summed E-state index contributed by atoms with van der Waals surface area (Å²) in [4.78, 5) is 22.8. The Kier molecular flexibility index (Phi) is 5.70. The second-order valence-electron chi connectivity index (χ2n) is 6.00. The van der Waals surface area contributed by atoms with Crippen LogP contribution < -0.4 is 5.32 Å². The number of aryl methyl sites for hydroxylation is 1. The normalized spacial score (nSPS) is 11.6. The summed E-state index contributed by atoms with van der Waals surface area (Å²) in [5.41, 5.74) is 2.23. The minimum atomic E-state index is -1.01. The van der Waals surface area contributed by atoms with Crippen LogP contribution >= 0.6 is 0 Å². The molecule has 0 radical (unpaired) electrons. The summed E-state index contributed by atoms with van der Waals surface area (Å²) in [6, 6.07) is 5.33. The van der Waals surface area contributed by atoms with E-state index in [0.717, 1.165) is 18.1 Å². The largest absolute Gasteiger partial charge is 0.478 e. The Morgan fingerprint density at radius 3 is 2.52 bits per heavy atom. The van der Waals surface area contributed by atoms with Crippen LogP contribution in [0.4, 0.5) is 0 Å². The van der Waals surface area contributed by atoms with Crippen molar-refractivity contribution in [3.63, 3.8) is 0 Å². The molecule has 114 valence electrons. The lowest BCUT2D eigenvalue weighted by molar-refractivity contribution is -0.131. The van der Waals surface area contributed by atoms with Gasteiger partial charge in [0.1, 0.15) is 0 Å². The van der Waals surface area contributed by atoms with Gasteiger partial charge in [0, 0.05) is 18.2 Å². The highest BCUT2D eigenvalue weighted by Crippen LogP contribution is 2.18. The first kappa shape index (κ1) is 17.0. The molecule has 1 aromatic rings. The molecule has 21 heavy (non-hydrogen) atoms. The first-order chi connectivity index (χ1) is 9.73. The van der Waals surface area contributed by atoms with Gasteiger partial charge in [-0.2, -0.15) is 0 Å². The zero-order valence-corrected chi connectivity index (χ0v) is 13.1. The highest BCUT2D eigenvalue weighted by Gasteiger charge is 2.17. The van der Waals surface area contributed by atoms with Gasteiger partial charge in [-0.1, -0.05) is 26.8 Å². The molecule has 0 spiro atoms. The second kappa shape index (κ2) is 7.07. The summed E-state index contributed by atoms with van der Waals surface area (Å²) in [5, 5.41) is 11.6. The van der Waals surface area contributed by atoms with E-state index in [9.17, 15) is 9.59 Å². The van der Waals surface area contributed by atoms with E-state index < -0.39 is 5.97 Å². The van der Waals surface area contributed by atoms with Crippen molar-refractivity contribution in [1.29, 1.82) is 0 Å². The SMILES string of the molecule is CCC(C)(C)CNC(=O)c1cc(C)cc(/C=C/C(=O)O)c1. The van der Waals surface area contributed by atoms with Gasteiger partial charge in [-0.25, -0.2) is 4.79 Å². The molecule has 0 fully saturated rings. The summed E-state index contributed by atoms with van der Waals surface area (Å²) in [6.07, 6.45) is 3.53. The van der Waals surface area contributed by atoms with Gasteiger partial charge in [-0.15, -0.1) is 0 Å². The van der Waals surface area contributed by atoms with Crippen molar-refractivity contribution in [2.24, 2.45) is 5.41 Å². The summed E-state index contributed by atoms with van der Waals surface area (Å²) in [5.74, 6) is -1.14. The van der Waals surface area contributed by atoms with E-state index in [1.54, 1.807) is 12.1 Å². The van der Waals surface area contributed by atoms with Gasteiger partial charge in [-0.05, 0) is 48.1 Å².